The molecule has 0 amide bonds. The summed E-state index contributed by atoms with van der Waals surface area (Å²) >= 11 is 7.11. The van der Waals surface area contributed by atoms with Gasteiger partial charge in [0.2, 0.25) is 0 Å². The van der Waals surface area contributed by atoms with Crippen LogP contribution in [-0.2, 0) is 0 Å². The smallest absolute Gasteiger partial charge is 0.142 e. The number of hydrogen-bond donors (Lipinski definition) is 0. The number of halogens is 2. The summed E-state index contributed by atoms with van der Waals surface area (Å²) in [6.07, 6.45) is 4.37. The standard InChI is InChI=1S/C11H14Br2N2/c12-8-9-3-6-15(7-4-9)11-10(13)2-1-5-14-11/h1-2,5,9H,3-4,6-8H2. The van der Waals surface area contributed by atoms with E-state index in [9.17, 15) is 0 Å². The van der Waals surface area contributed by atoms with Crippen molar-refractivity contribution in [3.05, 3.63) is 22.8 Å². The van der Waals surface area contributed by atoms with Gasteiger partial charge in [-0.15, -0.1) is 0 Å². The Bertz CT molecular complexity index is 322. The summed E-state index contributed by atoms with van der Waals surface area (Å²) in [4.78, 5) is 6.78. The Morgan fingerprint density at radius 3 is 2.73 bits per heavy atom. The summed E-state index contributed by atoms with van der Waals surface area (Å²) in [7, 11) is 0. The van der Waals surface area contributed by atoms with Crippen molar-refractivity contribution in [2.75, 3.05) is 23.3 Å². The number of nitrogens with zero attached hydrogens (tertiary/aromatic N) is 2. The molecule has 82 valence electrons. The van der Waals surface area contributed by atoms with Crippen LogP contribution in [0.25, 0.3) is 0 Å². The van der Waals surface area contributed by atoms with Gasteiger partial charge in [0.05, 0.1) is 4.47 Å². The lowest BCUT2D eigenvalue weighted by atomic mass is 9.99. The minimum Gasteiger partial charge on any atom is -0.356 e. The van der Waals surface area contributed by atoms with Crippen LogP contribution in [0.3, 0.4) is 0 Å². The van der Waals surface area contributed by atoms with Crippen LogP contribution in [0.5, 0.6) is 0 Å². The summed E-state index contributed by atoms with van der Waals surface area (Å²) in [6.45, 7) is 2.23. The van der Waals surface area contributed by atoms with Gasteiger partial charge in [0.25, 0.3) is 0 Å². The average molecular weight is 334 g/mol. The molecule has 2 nitrogen and oxygen atoms in total. The lowest BCUT2D eigenvalue weighted by Gasteiger charge is -2.32. The zero-order chi connectivity index (χ0) is 10.7. The van der Waals surface area contributed by atoms with Gasteiger partial charge >= 0.3 is 0 Å². The highest BCUT2D eigenvalue weighted by Gasteiger charge is 2.20. The normalized spacial score (nSPS) is 18.1. The predicted molar refractivity (Wildman–Crippen MR) is 70.7 cm³/mol. The third kappa shape index (κ3) is 2.72. The second-order valence-electron chi connectivity index (χ2n) is 3.89. The van der Waals surface area contributed by atoms with Gasteiger partial charge in [0, 0.05) is 24.6 Å². The highest BCUT2D eigenvalue weighted by molar-refractivity contribution is 9.10. The van der Waals surface area contributed by atoms with Crippen LogP contribution in [0, 0.1) is 5.92 Å². The van der Waals surface area contributed by atoms with Crippen molar-refractivity contribution in [1.29, 1.82) is 0 Å². The Balaban J connectivity index is 2.04. The first-order valence-corrected chi connectivity index (χ1v) is 7.14. The van der Waals surface area contributed by atoms with E-state index in [4.69, 9.17) is 0 Å². The Hall–Kier alpha value is -0.0900. The van der Waals surface area contributed by atoms with Gasteiger partial charge in [-0.3, -0.25) is 0 Å². The molecule has 1 aromatic heterocycles. The van der Waals surface area contributed by atoms with Crippen molar-refractivity contribution in [3.8, 4) is 0 Å². The van der Waals surface area contributed by atoms with Gasteiger partial charge < -0.3 is 4.90 Å². The Kier molecular flexibility index (Phi) is 4.03. The molecule has 0 bridgehead atoms. The van der Waals surface area contributed by atoms with E-state index in [2.05, 4.69) is 47.8 Å². The van der Waals surface area contributed by atoms with E-state index in [1.807, 2.05) is 12.3 Å². The van der Waals surface area contributed by atoms with Crippen molar-refractivity contribution in [2.45, 2.75) is 12.8 Å². The minimum absolute atomic E-state index is 0.837. The molecule has 0 radical (unpaired) electrons. The molecule has 0 aliphatic carbocycles. The van der Waals surface area contributed by atoms with Gasteiger partial charge in [-0.1, -0.05) is 15.9 Å². The van der Waals surface area contributed by atoms with Crippen molar-refractivity contribution in [3.63, 3.8) is 0 Å². The molecule has 1 aromatic rings. The fourth-order valence-electron chi connectivity index (χ4n) is 1.91. The largest absolute Gasteiger partial charge is 0.356 e. The lowest BCUT2D eigenvalue weighted by Crippen LogP contribution is -2.34. The lowest BCUT2D eigenvalue weighted by molar-refractivity contribution is 0.445. The van der Waals surface area contributed by atoms with Crippen molar-refractivity contribution in [1.82, 2.24) is 4.98 Å². The molecule has 0 atom stereocenters. The first-order valence-electron chi connectivity index (χ1n) is 5.22. The molecule has 0 saturated carbocycles. The molecule has 0 N–H and O–H groups in total. The van der Waals surface area contributed by atoms with E-state index in [1.165, 1.54) is 12.8 Å². The average Bonchev–Trinajstić information content (AvgIpc) is 2.30. The van der Waals surface area contributed by atoms with Crippen molar-refractivity contribution >= 4 is 37.7 Å². The number of piperidine rings is 1. The molecule has 4 heteroatoms. The Labute approximate surface area is 107 Å². The van der Waals surface area contributed by atoms with E-state index < -0.39 is 0 Å². The van der Waals surface area contributed by atoms with Crippen LogP contribution in [0.15, 0.2) is 22.8 Å². The van der Waals surface area contributed by atoms with E-state index in [1.54, 1.807) is 0 Å². The molecule has 0 aromatic carbocycles. The monoisotopic (exact) mass is 332 g/mol. The number of rotatable bonds is 2. The molecule has 1 aliphatic heterocycles. The molecule has 0 spiro atoms. The molecule has 0 unspecified atom stereocenters. The van der Waals surface area contributed by atoms with Crippen LogP contribution in [0.2, 0.25) is 0 Å². The van der Waals surface area contributed by atoms with Gasteiger partial charge in [-0.05, 0) is 46.8 Å². The molecule has 1 saturated heterocycles. The fraction of sp³-hybridized carbons (Fsp3) is 0.545. The van der Waals surface area contributed by atoms with Crippen molar-refractivity contribution in [2.24, 2.45) is 5.92 Å². The van der Waals surface area contributed by atoms with Crippen LogP contribution in [-0.4, -0.2) is 23.4 Å². The molecule has 1 fully saturated rings. The van der Waals surface area contributed by atoms with Crippen LogP contribution in [0.4, 0.5) is 5.82 Å². The predicted octanol–water partition coefficient (Wildman–Crippen LogP) is 3.46. The molecule has 1 aliphatic rings. The number of alkyl halides is 1. The first kappa shape index (κ1) is 11.4. The van der Waals surface area contributed by atoms with E-state index in [0.717, 1.165) is 34.6 Å². The maximum absolute atomic E-state index is 4.42. The zero-order valence-corrected chi connectivity index (χ0v) is 11.7. The molecule has 2 rings (SSSR count). The number of pyridine rings is 1. The second-order valence-corrected chi connectivity index (χ2v) is 5.40. The van der Waals surface area contributed by atoms with E-state index in [-0.39, 0.29) is 0 Å². The summed E-state index contributed by atoms with van der Waals surface area (Å²) in [5, 5.41) is 1.13. The van der Waals surface area contributed by atoms with Crippen molar-refractivity contribution < 1.29 is 0 Å². The van der Waals surface area contributed by atoms with Crippen LogP contribution in [0.1, 0.15) is 12.8 Å². The first-order chi connectivity index (χ1) is 7.31. The van der Waals surface area contributed by atoms with Gasteiger partial charge in [-0.2, -0.15) is 0 Å². The van der Waals surface area contributed by atoms with E-state index >= 15 is 0 Å². The fourth-order valence-corrected chi connectivity index (χ4v) is 3.06. The molecule has 15 heavy (non-hydrogen) atoms. The van der Waals surface area contributed by atoms with Crippen LogP contribution < -0.4 is 4.90 Å². The van der Waals surface area contributed by atoms with Crippen LogP contribution >= 0.6 is 31.9 Å². The summed E-state index contributed by atoms with van der Waals surface area (Å²) < 4.78 is 1.10. The molecular formula is C11H14Br2N2. The van der Waals surface area contributed by atoms with E-state index in [0.29, 0.717) is 0 Å². The van der Waals surface area contributed by atoms with Gasteiger partial charge in [-0.25, -0.2) is 4.98 Å². The zero-order valence-electron chi connectivity index (χ0n) is 8.50. The third-order valence-electron chi connectivity index (χ3n) is 2.87. The maximum atomic E-state index is 4.42. The summed E-state index contributed by atoms with van der Waals surface area (Å²) in [5.74, 6) is 1.93. The highest BCUT2D eigenvalue weighted by Crippen LogP contribution is 2.27. The Morgan fingerprint density at radius 1 is 1.40 bits per heavy atom. The van der Waals surface area contributed by atoms with Gasteiger partial charge in [0.15, 0.2) is 0 Å². The number of anilines is 1. The molecule has 2 heterocycles. The topological polar surface area (TPSA) is 16.1 Å². The number of hydrogen-bond acceptors (Lipinski definition) is 2. The number of aromatic nitrogens is 1. The Morgan fingerprint density at radius 2 is 2.13 bits per heavy atom. The maximum Gasteiger partial charge on any atom is 0.142 e. The SMILES string of the molecule is BrCC1CCN(c2ncccc2Br)CC1. The second kappa shape index (κ2) is 5.30. The summed E-state index contributed by atoms with van der Waals surface area (Å²) in [6, 6.07) is 4.01. The quantitative estimate of drug-likeness (QED) is 0.770. The molecular weight excluding hydrogens is 320 g/mol. The third-order valence-corrected chi connectivity index (χ3v) is 4.41. The minimum atomic E-state index is 0.837. The summed E-state index contributed by atoms with van der Waals surface area (Å²) in [5.41, 5.74) is 0. The van der Waals surface area contributed by atoms with Gasteiger partial charge in [0.1, 0.15) is 5.82 Å². The highest BCUT2D eigenvalue weighted by atomic mass is 79.9.